The highest BCUT2D eigenvalue weighted by Crippen LogP contribution is 2.40. The first-order chi connectivity index (χ1) is 13.0. The zero-order valence-electron chi connectivity index (χ0n) is 16.2. The Hall–Kier alpha value is -3.28. The molecule has 0 aliphatic carbocycles. The van der Waals surface area contributed by atoms with Crippen molar-refractivity contribution < 1.29 is 14.2 Å². The molecule has 1 aromatic heterocycles. The zero-order valence-corrected chi connectivity index (χ0v) is 16.2. The molecule has 0 bridgehead atoms. The van der Waals surface area contributed by atoms with E-state index in [1.54, 1.807) is 27.5 Å². The van der Waals surface area contributed by atoms with Crippen LogP contribution in [-0.2, 0) is 0 Å². The molecule has 1 heterocycles. The van der Waals surface area contributed by atoms with Crippen LogP contribution in [0.3, 0.4) is 0 Å². The van der Waals surface area contributed by atoms with Crippen LogP contribution >= 0.6 is 0 Å². The number of aromatic nitrogens is 2. The van der Waals surface area contributed by atoms with Crippen molar-refractivity contribution in [1.29, 1.82) is 0 Å². The van der Waals surface area contributed by atoms with Gasteiger partial charge in [0.15, 0.2) is 11.5 Å². The summed E-state index contributed by atoms with van der Waals surface area (Å²) in [6.07, 6.45) is 1.72. The minimum atomic E-state index is 0.518. The molecule has 140 valence electrons. The number of anilines is 2. The number of benzene rings is 2. The van der Waals surface area contributed by atoms with Gasteiger partial charge in [-0.05, 0) is 55.3 Å². The monoisotopic (exact) mass is 365 g/mol. The van der Waals surface area contributed by atoms with Crippen molar-refractivity contribution in [3.8, 4) is 28.5 Å². The molecule has 0 saturated heterocycles. The molecule has 0 amide bonds. The van der Waals surface area contributed by atoms with Crippen LogP contribution in [0.2, 0.25) is 0 Å². The Bertz CT molecular complexity index is 932. The second-order valence-electron chi connectivity index (χ2n) is 6.10. The summed E-state index contributed by atoms with van der Waals surface area (Å²) in [5.41, 5.74) is 4.99. The second-order valence-corrected chi connectivity index (χ2v) is 6.10. The normalized spacial score (nSPS) is 10.4. The lowest BCUT2D eigenvalue weighted by molar-refractivity contribution is 0.324. The van der Waals surface area contributed by atoms with Gasteiger partial charge in [0.1, 0.15) is 0 Å². The molecule has 1 N–H and O–H groups in total. The van der Waals surface area contributed by atoms with E-state index in [2.05, 4.69) is 41.3 Å². The summed E-state index contributed by atoms with van der Waals surface area (Å²) >= 11 is 0. The van der Waals surface area contributed by atoms with Gasteiger partial charge in [0, 0.05) is 17.4 Å². The molecule has 0 atom stereocenters. The third-order valence-electron chi connectivity index (χ3n) is 4.38. The summed E-state index contributed by atoms with van der Waals surface area (Å²) in [5, 5.41) is 3.25. The van der Waals surface area contributed by atoms with E-state index >= 15 is 0 Å². The van der Waals surface area contributed by atoms with E-state index < -0.39 is 0 Å². The van der Waals surface area contributed by atoms with E-state index in [-0.39, 0.29) is 0 Å². The third-order valence-corrected chi connectivity index (χ3v) is 4.38. The van der Waals surface area contributed by atoms with E-state index in [1.165, 1.54) is 11.1 Å². The van der Waals surface area contributed by atoms with Gasteiger partial charge in [-0.1, -0.05) is 6.07 Å². The lowest BCUT2D eigenvalue weighted by Crippen LogP contribution is -2.00. The molecular formula is C21H23N3O3. The van der Waals surface area contributed by atoms with Gasteiger partial charge in [-0.15, -0.1) is 0 Å². The highest BCUT2D eigenvalue weighted by Gasteiger charge is 2.15. The van der Waals surface area contributed by atoms with Crippen molar-refractivity contribution in [3.05, 3.63) is 53.7 Å². The lowest BCUT2D eigenvalue weighted by Gasteiger charge is -2.14. The molecule has 0 fully saturated rings. The van der Waals surface area contributed by atoms with Crippen LogP contribution in [0.5, 0.6) is 17.2 Å². The first-order valence-corrected chi connectivity index (χ1v) is 8.53. The fourth-order valence-electron chi connectivity index (χ4n) is 2.76. The molecule has 6 nitrogen and oxygen atoms in total. The Kier molecular flexibility index (Phi) is 5.45. The van der Waals surface area contributed by atoms with Crippen LogP contribution in [0.1, 0.15) is 11.1 Å². The van der Waals surface area contributed by atoms with Gasteiger partial charge in [-0.25, -0.2) is 9.97 Å². The number of aryl methyl sites for hydroxylation is 2. The maximum atomic E-state index is 5.43. The lowest BCUT2D eigenvalue weighted by atomic mass is 10.1. The molecule has 6 heteroatoms. The van der Waals surface area contributed by atoms with Gasteiger partial charge in [-0.2, -0.15) is 0 Å². The van der Waals surface area contributed by atoms with Crippen molar-refractivity contribution in [2.45, 2.75) is 13.8 Å². The number of methoxy groups -OCH3 is 3. The van der Waals surface area contributed by atoms with Crippen molar-refractivity contribution in [3.63, 3.8) is 0 Å². The molecule has 0 saturated carbocycles. The Labute approximate surface area is 159 Å². The predicted molar refractivity (Wildman–Crippen MR) is 106 cm³/mol. The molecule has 0 unspecified atom stereocenters. The van der Waals surface area contributed by atoms with Crippen LogP contribution in [0.25, 0.3) is 11.3 Å². The summed E-state index contributed by atoms with van der Waals surface area (Å²) in [5.74, 6) is 2.22. The van der Waals surface area contributed by atoms with Crippen molar-refractivity contribution in [1.82, 2.24) is 9.97 Å². The molecule has 0 aliphatic rings. The van der Waals surface area contributed by atoms with Crippen LogP contribution < -0.4 is 19.5 Å². The molecule has 0 radical (unpaired) electrons. The SMILES string of the molecule is COc1cc(-c2ccnc(Nc3ccc(C)c(C)c3)n2)cc(OC)c1OC. The average Bonchev–Trinajstić information content (AvgIpc) is 2.69. The summed E-state index contributed by atoms with van der Waals surface area (Å²) in [6.45, 7) is 4.16. The Balaban J connectivity index is 1.96. The van der Waals surface area contributed by atoms with Gasteiger partial charge >= 0.3 is 0 Å². The fraction of sp³-hybridized carbons (Fsp3) is 0.238. The number of rotatable bonds is 6. The third kappa shape index (κ3) is 3.95. The van der Waals surface area contributed by atoms with E-state index in [4.69, 9.17) is 14.2 Å². The second kappa shape index (κ2) is 7.95. The minimum Gasteiger partial charge on any atom is -0.493 e. The molecule has 3 rings (SSSR count). The van der Waals surface area contributed by atoms with E-state index in [0.717, 1.165) is 16.9 Å². The highest BCUT2D eigenvalue weighted by molar-refractivity contribution is 5.69. The van der Waals surface area contributed by atoms with Gasteiger partial charge in [-0.3, -0.25) is 0 Å². The molecule has 3 aromatic rings. The van der Waals surface area contributed by atoms with Crippen LogP contribution in [-0.4, -0.2) is 31.3 Å². The van der Waals surface area contributed by atoms with Crippen LogP contribution in [0.4, 0.5) is 11.6 Å². The number of nitrogens with one attached hydrogen (secondary N) is 1. The number of hydrogen-bond donors (Lipinski definition) is 1. The van der Waals surface area contributed by atoms with Gasteiger partial charge in [0.25, 0.3) is 0 Å². The largest absolute Gasteiger partial charge is 0.493 e. The van der Waals surface area contributed by atoms with Crippen LogP contribution in [0.15, 0.2) is 42.6 Å². The van der Waals surface area contributed by atoms with Crippen molar-refractivity contribution in [2.24, 2.45) is 0 Å². The van der Waals surface area contributed by atoms with Crippen molar-refractivity contribution >= 4 is 11.6 Å². The quantitative estimate of drug-likeness (QED) is 0.692. The van der Waals surface area contributed by atoms with Gasteiger partial charge in [0.2, 0.25) is 11.7 Å². The Morgan fingerprint density at radius 3 is 2.11 bits per heavy atom. The number of nitrogens with zero attached hydrogens (tertiary/aromatic N) is 2. The topological polar surface area (TPSA) is 65.5 Å². The number of hydrogen-bond acceptors (Lipinski definition) is 6. The summed E-state index contributed by atoms with van der Waals surface area (Å²) in [6, 6.07) is 11.7. The fourth-order valence-corrected chi connectivity index (χ4v) is 2.76. The van der Waals surface area contributed by atoms with E-state index in [9.17, 15) is 0 Å². The summed E-state index contributed by atoms with van der Waals surface area (Å²) in [4.78, 5) is 8.94. The minimum absolute atomic E-state index is 0.518. The van der Waals surface area contributed by atoms with Crippen molar-refractivity contribution in [2.75, 3.05) is 26.6 Å². The predicted octanol–water partition coefficient (Wildman–Crippen LogP) is 4.53. The first kappa shape index (κ1) is 18.5. The molecule has 0 aliphatic heterocycles. The first-order valence-electron chi connectivity index (χ1n) is 8.53. The highest BCUT2D eigenvalue weighted by atomic mass is 16.5. The summed E-state index contributed by atoms with van der Waals surface area (Å²) in [7, 11) is 4.76. The smallest absolute Gasteiger partial charge is 0.227 e. The maximum Gasteiger partial charge on any atom is 0.227 e. The number of ether oxygens (including phenoxy) is 3. The average molecular weight is 365 g/mol. The molecule has 0 spiro atoms. The Morgan fingerprint density at radius 2 is 1.52 bits per heavy atom. The zero-order chi connectivity index (χ0) is 19.4. The van der Waals surface area contributed by atoms with E-state index in [0.29, 0.717) is 23.2 Å². The standard InChI is InChI=1S/C21H23N3O3/c1-13-6-7-16(10-14(13)2)23-21-22-9-8-17(24-21)15-11-18(25-3)20(27-5)19(12-15)26-4/h6-12H,1-5H3,(H,22,23,24). The van der Waals surface area contributed by atoms with Gasteiger partial charge in [0.05, 0.1) is 27.0 Å². The molecule has 2 aromatic carbocycles. The molecular weight excluding hydrogens is 342 g/mol. The van der Waals surface area contributed by atoms with Gasteiger partial charge < -0.3 is 19.5 Å². The summed E-state index contributed by atoms with van der Waals surface area (Å²) < 4.78 is 16.2. The molecule has 27 heavy (non-hydrogen) atoms. The Morgan fingerprint density at radius 1 is 0.815 bits per heavy atom. The van der Waals surface area contributed by atoms with E-state index in [1.807, 2.05) is 24.3 Å². The van der Waals surface area contributed by atoms with Crippen LogP contribution in [0, 0.1) is 13.8 Å². The maximum absolute atomic E-state index is 5.43.